The van der Waals surface area contributed by atoms with E-state index < -0.39 is 17.6 Å². The zero-order chi connectivity index (χ0) is 16.7. The van der Waals surface area contributed by atoms with Crippen molar-refractivity contribution in [2.45, 2.75) is 52.3 Å². The summed E-state index contributed by atoms with van der Waals surface area (Å²) in [6.45, 7) is 7.67. The summed E-state index contributed by atoms with van der Waals surface area (Å²) in [6, 6.07) is -0.0404. The summed E-state index contributed by atoms with van der Waals surface area (Å²) in [5.41, 5.74) is 1.24. The van der Waals surface area contributed by atoms with Crippen molar-refractivity contribution in [1.82, 2.24) is 20.1 Å². The molecule has 1 aliphatic rings. The van der Waals surface area contributed by atoms with E-state index in [0.29, 0.717) is 12.0 Å². The van der Waals surface area contributed by atoms with Crippen molar-refractivity contribution in [3.05, 3.63) is 17.0 Å². The molecule has 1 aromatic rings. The number of aromatic nitrogens is 2. The summed E-state index contributed by atoms with van der Waals surface area (Å²) in [5, 5.41) is 7.89. The molecule has 0 aromatic carbocycles. The second kappa shape index (κ2) is 5.60. The quantitative estimate of drug-likeness (QED) is 0.458. The summed E-state index contributed by atoms with van der Waals surface area (Å²) in [6.07, 6.45) is 0.190. The molecule has 8 heteroatoms. The Hall–Kier alpha value is -2.09. The van der Waals surface area contributed by atoms with E-state index in [0.717, 1.165) is 10.7 Å². The number of ether oxygens (including phenoxy) is 1. The molecule has 0 fully saturated rings. The van der Waals surface area contributed by atoms with Crippen LogP contribution in [0.4, 0.5) is 4.79 Å². The van der Waals surface area contributed by atoms with E-state index in [4.69, 9.17) is 10.6 Å². The predicted octanol–water partition coefficient (Wildman–Crippen LogP) is 1.04. The molecule has 0 radical (unpaired) electrons. The molecule has 1 aromatic heterocycles. The van der Waals surface area contributed by atoms with Gasteiger partial charge >= 0.3 is 6.09 Å². The molecule has 3 N–H and O–H groups in total. The summed E-state index contributed by atoms with van der Waals surface area (Å²) in [4.78, 5) is 26.0. The van der Waals surface area contributed by atoms with Crippen LogP contribution in [0.15, 0.2) is 0 Å². The van der Waals surface area contributed by atoms with Crippen LogP contribution in [0.3, 0.4) is 0 Å². The van der Waals surface area contributed by atoms with E-state index in [9.17, 15) is 9.59 Å². The fourth-order valence-electron chi connectivity index (χ4n) is 2.38. The van der Waals surface area contributed by atoms with Gasteiger partial charge in [-0.2, -0.15) is 5.10 Å². The summed E-state index contributed by atoms with van der Waals surface area (Å²) in [7, 11) is 1.46. The predicted molar refractivity (Wildman–Crippen MR) is 79.8 cm³/mol. The van der Waals surface area contributed by atoms with Crippen molar-refractivity contribution < 1.29 is 14.3 Å². The van der Waals surface area contributed by atoms with Gasteiger partial charge in [-0.15, -0.1) is 0 Å². The largest absolute Gasteiger partial charge is 0.444 e. The van der Waals surface area contributed by atoms with Gasteiger partial charge in [-0.25, -0.2) is 10.6 Å². The third-order valence-electron chi connectivity index (χ3n) is 3.46. The van der Waals surface area contributed by atoms with Crippen molar-refractivity contribution in [2.24, 2.45) is 5.84 Å². The second-order valence-corrected chi connectivity index (χ2v) is 6.61. The minimum absolute atomic E-state index is 0.0404. The Morgan fingerprint density at radius 3 is 2.64 bits per heavy atom. The van der Waals surface area contributed by atoms with E-state index in [2.05, 4.69) is 10.2 Å². The van der Waals surface area contributed by atoms with Gasteiger partial charge < -0.3 is 9.64 Å². The molecule has 8 nitrogen and oxygen atoms in total. The standard InChI is InChI=1S/C14H23N5O3/c1-8-6-10-9(11(17-16-10)12(20)18(5)15)7-19(8)13(21)22-14(2,3)4/h8H,6-7,15H2,1-5H3,(H,16,17)/t8-/m1/s1. The van der Waals surface area contributed by atoms with Crippen LogP contribution in [0.5, 0.6) is 0 Å². The molecule has 2 heterocycles. The van der Waals surface area contributed by atoms with Gasteiger partial charge in [0.05, 0.1) is 6.54 Å². The number of hydrazine groups is 1. The lowest BCUT2D eigenvalue weighted by molar-refractivity contribution is 0.0136. The highest BCUT2D eigenvalue weighted by Gasteiger charge is 2.34. The molecule has 0 saturated carbocycles. The van der Waals surface area contributed by atoms with Gasteiger partial charge in [0.15, 0.2) is 5.69 Å². The Balaban J connectivity index is 2.26. The highest BCUT2D eigenvalue weighted by atomic mass is 16.6. The van der Waals surface area contributed by atoms with Gasteiger partial charge in [0.1, 0.15) is 5.60 Å². The molecule has 2 amide bonds. The third kappa shape index (κ3) is 3.22. The molecule has 122 valence electrons. The molecule has 0 unspecified atom stereocenters. The molecule has 0 bridgehead atoms. The average Bonchev–Trinajstić information content (AvgIpc) is 2.77. The van der Waals surface area contributed by atoms with Gasteiger partial charge in [-0.1, -0.05) is 0 Å². The number of hydrogen-bond donors (Lipinski definition) is 2. The van der Waals surface area contributed by atoms with E-state index in [1.165, 1.54) is 7.05 Å². The molecule has 0 aliphatic carbocycles. The van der Waals surface area contributed by atoms with Gasteiger partial charge in [0.2, 0.25) is 0 Å². The van der Waals surface area contributed by atoms with Gasteiger partial charge in [-0.3, -0.25) is 14.9 Å². The van der Waals surface area contributed by atoms with E-state index in [1.807, 2.05) is 27.7 Å². The van der Waals surface area contributed by atoms with Crippen LogP contribution in [0.25, 0.3) is 0 Å². The second-order valence-electron chi connectivity index (χ2n) is 6.61. The first-order chi connectivity index (χ1) is 10.1. The van der Waals surface area contributed by atoms with Crippen LogP contribution in [0, 0.1) is 0 Å². The summed E-state index contributed by atoms with van der Waals surface area (Å²) >= 11 is 0. The van der Waals surface area contributed by atoms with E-state index in [1.54, 1.807) is 4.90 Å². The van der Waals surface area contributed by atoms with Crippen LogP contribution >= 0.6 is 0 Å². The Morgan fingerprint density at radius 2 is 2.09 bits per heavy atom. The highest BCUT2D eigenvalue weighted by molar-refractivity contribution is 5.93. The SMILES string of the molecule is C[C@@H]1Cc2[nH]nc(C(=O)N(C)N)c2CN1C(=O)OC(C)(C)C. The maximum atomic E-state index is 12.3. The number of fused-ring (bicyclic) bond motifs is 1. The summed E-state index contributed by atoms with van der Waals surface area (Å²) in [5.74, 6) is 5.10. The van der Waals surface area contributed by atoms with Crippen molar-refractivity contribution in [2.75, 3.05) is 7.05 Å². The normalized spacial score (nSPS) is 17.9. The van der Waals surface area contributed by atoms with Gasteiger partial charge in [-0.05, 0) is 27.7 Å². The number of nitrogens with zero attached hydrogens (tertiary/aromatic N) is 3. The maximum Gasteiger partial charge on any atom is 0.410 e. The number of nitrogens with one attached hydrogen (secondary N) is 1. The molecule has 2 rings (SSSR count). The van der Waals surface area contributed by atoms with E-state index >= 15 is 0 Å². The first-order valence-corrected chi connectivity index (χ1v) is 7.18. The number of H-pyrrole nitrogens is 1. The van der Waals surface area contributed by atoms with Crippen molar-refractivity contribution in [3.8, 4) is 0 Å². The first kappa shape index (κ1) is 16.3. The number of carbonyl (C=O) groups excluding carboxylic acids is 2. The van der Waals surface area contributed by atoms with Crippen molar-refractivity contribution in [1.29, 1.82) is 0 Å². The number of nitrogens with two attached hydrogens (primary N) is 1. The lowest BCUT2D eigenvalue weighted by atomic mass is 10.00. The smallest absolute Gasteiger partial charge is 0.410 e. The number of hydrogen-bond acceptors (Lipinski definition) is 5. The minimum atomic E-state index is -0.566. The summed E-state index contributed by atoms with van der Waals surface area (Å²) < 4.78 is 5.42. The zero-order valence-corrected chi connectivity index (χ0v) is 13.6. The molecular formula is C14H23N5O3. The third-order valence-corrected chi connectivity index (χ3v) is 3.46. The number of carbonyl (C=O) groups is 2. The molecule has 0 saturated heterocycles. The lowest BCUT2D eigenvalue weighted by Gasteiger charge is -2.34. The molecule has 1 aliphatic heterocycles. The van der Waals surface area contributed by atoms with Gasteiger partial charge in [0.25, 0.3) is 5.91 Å². The molecule has 1 atom stereocenters. The molecule has 22 heavy (non-hydrogen) atoms. The van der Waals surface area contributed by atoms with Crippen LogP contribution in [0.1, 0.15) is 49.4 Å². The van der Waals surface area contributed by atoms with Crippen LogP contribution < -0.4 is 5.84 Å². The first-order valence-electron chi connectivity index (χ1n) is 7.18. The van der Waals surface area contributed by atoms with Gasteiger partial charge in [0, 0.05) is 30.8 Å². The fourth-order valence-corrected chi connectivity index (χ4v) is 2.38. The van der Waals surface area contributed by atoms with Crippen LogP contribution in [-0.4, -0.2) is 50.8 Å². The Labute approximate surface area is 129 Å². The van der Waals surface area contributed by atoms with E-state index in [-0.39, 0.29) is 18.3 Å². The topological polar surface area (TPSA) is 105 Å². The van der Waals surface area contributed by atoms with Crippen LogP contribution in [0.2, 0.25) is 0 Å². The highest BCUT2D eigenvalue weighted by Crippen LogP contribution is 2.26. The average molecular weight is 309 g/mol. The Morgan fingerprint density at radius 1 is 1.45 bits per heavy atom. The van der Waals surface area contributed by atoms with Crippen LogP contribution in [-0.2, 0) is 17.7 Å². The fraction of sp³-hybridized carbons (Fsp3) is 0.643. The number of aromatic amines is 1. The molecular weight excluding hydrogens is 286 g/mol. The minimum Gasteiger partial charge on any atom is -0.444 e. The monoisotopic (exact) mass is 309 g/mol. The van der Waals surface area contributed by atoms with Crippen molar-refractivity contribution in [3.63, 3.8) is 0 Å². The Bertz CT molecular complexity index is 588. The zero-order valence-electron chi connectivity index (χ0n) is 13.6. The number of rotatable bonds is 1. The Kier molecular flexibility index (Phi) is 4.15. The maximum absolute atomic E-state index is 12.3. The molecule has 0 spiro atoms. The lowest BCUT2D eigenvalue weighted by Crippen LogP contribution is -2.45. The van der Waals surface area contributed by atoms with Crippen molar-refractivity contribution >= 4 is 12.0 Å². The number of amides is 2.